The third-order valence-electron chi connectivity index (χ3n) is 6.40. The van der Waals surface area contributed by atoms with E-state index in [2.05, 4.69) is 20.3 Å². The van der Waals surface area contributed by atoms with Crippen molar-refractivity contribution in [1.82, 2.24) is 19.5 Å². The van der Waals surface area contributed by atoms with Crippen molar-refractivity contribution in [3.8, 4) is 0 Å². The molecule has 1 aliphatic carbocycles. The van der Waals surface area contributed by atoms with Gasteiger partial charge in [0.25, 0.3) is 0 Å². The van der Waals surface area contributed by atoms with Gasteiger partial charge in [-0.2, -0.15) is 13.2 Å². The lowest BCUT2D eigenvalue weighted by Crippen LogP contribution is -2.40. The third kappa shape index (κ3) is 3.55. The minimum absolute atomic E-state index is 0.0145. The maximum Gasteiger partial charge on any atom is 0.416 e. The lowest BCUT2D eigenvalue weighted by molar-refractivity contribution is -0.137. The van der Waals surface area contributed by atoms with Crippen molar-refractivity contribution >= 4 is 22.7 Å². The summed E-state index contributed by atoms with van der Waals surface area (Å²) in [5.74, 6) is 0.518. The van der Waals surface area contributed by atoms with E-state index in [9.17, 15) is 23.4 Å². The number of aliphatic hydroxyl groups excluding tert-OH is 1. The second-order valence-electron chi connectivity index (χ2n) is 8.42. The first-order valence-electron chi connectivity index (χ1n) is 10.5. The van der Waals surface area contributed by atoms with Gasteiger partial charge >= 0.3 is 6.18 Å². The van der Waals surface area contributed by atoms with Crippen LogP contribution in [-0.2, 0) is 11.9 Å². The summed E-state index contributed by atoms with van der Waals surface area (Å²) in [5, 5.41) is 24.5. The van der Waals surface area contributed by atoms with Crippen molar-refractivity contribution in [3.05, 3.63) is 42.5 Å². The molecule has 1 aromatic carbocycles. The standard InChI is InChI=1S/C21H23F3N6O2/c22-21(23,24)13-3-5-15(6-4-13)29-9-7-14(10-29)28-18-17-19(26-11-25-18)30(12-27-17)20(32)8-1-2-16(20)31/h3-6,11-12,14,16,31-32H,1-2,7-10H2,(H,25,26,28)/t14-,16?,20?/m0/s1. The minimum atomic E-state index is -4.35. The number of imidazole rings is 1. The monoisotopic (exact) mass is 448 g/mol. The highest BCUT2D eigenvalue weighted by atomic mass is 19.4. The first-order valence-corrected chi connectivity index (χ1v) is 10.5. The highest BCUT2D eigenvalue weighted by Crippen LogP contribution is 2.37. The average Bonchev–Trinajstić information content (AvgIpc) is 3.48. The molecule has 0 amide bonds. The van der Waals surface area contributed by atoms with E-state index < -0.39 is 23.6 Å². The number of rotatable bonds is 4. The summed E-state index contributed by atoms with van der Waals surface area (Å²) < 4.78 is 39.9. The van der Waals surface area contributed by atoms with Crippen molar-refractivity contribution in [3.63, 3.8) is 0 Å². The van der Waals surface area contributed by atoms with Crippen LogP contribution in [0, 0.1) is 0 Å². The van der Waals surface area contributed by atoms with Crippen LogP contribution in [0.15, 0.2) is 36.9 Å². The fraction of sp³-hybridized carbons (Fsp3) is 0.476. The molecule has 8 nitrogen and oxygen atoms in total. The van der Waals surface area contributed by atoms with E-state index in [0.717, 1.165) is 24.2 Å². The largest absolute Gasteiger partial charge is 0.416 e. The second-order valence-corrected chi connectivity index (χ2v) is 8.42. The molecule has 3 heterocycles. The third-order valence-corrected chi connectivity index (χ3v) is 6.40. The number of hydrogen-bond donors (Lipinski definition) is 3. The molecule has 1 saturated heterocycles. The summed E-state index contributed by atoms with van der Waals surface area (Å²) in [6, 6.07) is 5.19. The van der Waals surface area contributed by atoms with Crippen LogP contribution in [0.2, 0.25) is 0 Å². The van der Waals surface area contributed by atoms with E-state index >= 15 is 0 Å². The number of aromatic nitrogens is 4. The molecule has 0 spiro atoms. The Morgan fingerprint density at radius 2 is 1.88 bits per heavy atom. The van der Waals surface area contributed by atoms with Gasteiger partial charge in [0.2, 0.25) is 0 Å². The molecule has 5 rings (SSSR count). The van der Waals surface area contributed by atoms with Crippen molar-refractivity contribution in [2.45, 2.75) is 49.7 Å². The number of halogens is 3. The van der Waals surface area contributed by atoms with Gasteiger partial charge in [-0.25, -0.2) is 15.0 Å². The fourth-order valence-corrected chi connectivity index (χ4v) is 4.63. The topological polar surface area (TPSA) is 99.3 Å². The van der Waals surface area contributed by atoms with Crippen molar-refractivity contribution in [1.29, 1.82) is 0 Å². The molecule has 0 radical (unpaired) electrons. The molecule has 1 saturated carbocycles. The molecule has 1 aliphatic heterocycles. The summed E-state index contributed by atoms with van der Waals surface area (Å²) in [4.78, 5) is 15.0. The van der Waals surface area contributed by atoms with Gasteiger partial charge in [-0.05, 0) is 49.9 Å². The highest BCUT2D eigenvalue weighted by Gasteiger charge is 2.43. The number of aliphatic hydroxyl groups is 2. The number of alkyl halides is 3. The van der Waals surface area contributed by atoms with Crippen LogP contribution in [0.5, 0.6) is 0 Å². The number of anilines is 2. The van der Waals surface area contributed by atoms with E-state index in [0.29, 0.717) is 49.3 Å². The van der Waals surface area contributed by atoms with Gasteiger partial charge in [-0.1, -0.05) is 0 Å². The Balaban J connectivity index is 1.33. The summed E-state index contributed by atoms with van der Waals surface area (Å²) in [7, 11) is 0. The molecule has 11 heteroatoms. The van der Waals surface area contributed by atoms with Crippen LogP contribution in [-0.4, -0.2) is 55.0 Å². The van der Waals surface area contributed by atoms with Gasteiger partial charge in [-0.3, -0.25) is 4.57 Å². The Kier molecular flexibility index (Phi) is 4.97. The molecule has 0 bridgehead atoms. The predicted molar refractivity (Wildman–Crippen MR) is 111 cm³/mol. The van der Waals surface area contributed by atoms with Crippen molar-refractivity contribution in [2.75, 3.05) is 23.3 Å². The average molecular weight is 448 g/mol. The smallest absolute Gasteiger partial charge is 0.388 e. The summed E-state index contributed by atoms with van der Waals surface area (Å²) >= 11 is 0. The maximum atomic E-state index is 12.8. The number of fused-ring (bicyclic) bond motifs is 1. The molecule has 2 unspecified atom stereocenters. The zero-order chi connectivity index (χ0) is 22.5. The number of hydrogen-bond acceptors (Lipinski definition) is 7. The van der Waals surface area contributed by atoms with Crippen LogP contribution < -0.4 is 10.2 Å². The molecule has 3 atom stereocenters. The van der Waals surface area contributed by atoms with Crippen LogP contribution in [0.3, 0.4) is 0 Å². The summed E-state index contributed by atoms with van der Waals surface area (Å²) in [6.07, 6.45) is 0.0184. The number of benzene rings is 1. The van der Waals surface area contributed by atoms with Gasteiger partial charge in [0.1, 0.15) is 12.4 Å². The Hall–Kier alpha value is -2.92. The zero-order valence-corrected chi connectivity index (χ0v) is 17.1. The summed E-state index contributed by atoms with van der Waals surface area (Å²) in [5.41, 5.74) is -0.441. The van der Waals surface area contributed by atoms with Crippen molar-refractivity contribution < 1.29 is 23.4 Å². The van der Waals surface area contributed by atoms with Crippen LogP contribution in [0.4, 0.5) is 24.7 Å². The van der Waals surface area contributed by atoms with Gasteiger partial charge in [0.15, 0.2) is 22.7 Å². The SMILES string of the molecule is OC1CCCC1(O)n1cnc2c(N[C@H]3CCN(c4ccc(C(F)(F)F)cc4)C3)ncnc21. The van der Waals surface area contributed by atoms with Crippen molar-refractivity contribution in [2.24, 2.45) is 0 Å². The van der Waals surface area contributed by atoms with Gasteiger partial charge < -0.3 is 20.4 Å². The Morgan fingerprint density at radius 3 is 2.56 bits per heavy atom. The van der Waals surface area contributed by atoms with Gasteiger partial charge in [-0.15, -0.1) is 0 Å². The minimum Gasteiger partial charge on any atom is -0.388 e. The molecule has 3 N–H and O–H groups in total. The van der Waals surface area contributed by atoms with E-state index in [1.54, 1.807) is 0 Å². The Morgan fingerprint density at radius 1 is 1.09 bits per heavy atom. The highest BCUT2D eigenvalue weighted by molar-refractivity contribution is 5.83. The van der Waals surface area contributed by atoms with E-state index in [1.807, 2.05) is 4.90 Å². The van der Waals surface area contributed by atoms with E-state index in [1.165, 1.54) is 29.4 Å². The maximum absolute atomic E-state index is 12.8. The first kappa shape index (κ1) is 21.0. The molecule has 2 aliphatic rings. The van der Waals surface area contributed by atoms with Crippen LogP contribution >= 0.6 is 0 Å². The Bertz CT molecular complexity index is 1120. The Labute approximate surface area is 181 Å². The molecular formula is C21H23F3N6O2. The summed E-state index contributed by atoms with van der Waals surface area (Å²) in [6.45, 7) is 1.29. The zero-order valence-electron chi connectivity index (χ0n) is 17.1. The molecule has 2 aromatic heterocycles. The van der Waals surface area contributed by atoms with Gasteiger partial charge in [0, 0.05) is 24.8 Å². The number of nitrogens with one attached hydrogen (secondary N) is 1. The quantitative estimate of drug-likeness (QED) is 0.564. The van der Waals surface area contributed by atoms with Crippen LogP contribution in [0.1, 0.15) is 31.2 Å². The van der Waals surface area contributed by atoms with E-state index in [-0.39, 0.29) is 6.04 Å². The molecule has 170 valence electrons. The molecule has 3 aromatic rings. The molecular weight excluding hydrogens is 425 g/mol. The lowest BCUT2D eigenvalue weighted by atomic mass is 10.1. The lowest BCUT2D eigenvalue weighted by Gasteiger charge is -2.28. The van der Waals surface area contributed by atoms with Gasteiger partial charge in [0.05, 0.1) is 11.9 Å². The molecule has 32 heavy (non-hydrogen) atoms. The first-order chi connectivity index (χ1) is 15.3. The fourth-order valence-electron chi connectivity index (χ4n) is 4.63. The molecule has 2 fully saturated rings. The van der Waals surface area contributed by atoms with Crippen LogP contribution in [0.25, 0.3) is 11.2 Å². The number of nitrogens with zero attached hydrogens (tertiary/aromatic N) is 5. The normalized spacial score (nSPS) is 26.2. The van der Waals surface area contributed by atoms with E-state index in [4.69, 9.17) is 0 Å². The second kappa shape index (κ2) is 7.59. The predicted octanol–water partition coefficient (Wildman–Crippen LogP) is 2.73.